The second kappa shape index (κ2) is 2.78. The molecule has 0 spiro atoms. The molecular weight excluding hydrogens is 162 g/mol. The third-order valence-corrected chi connectivity index (χ3v) is 2.23. The van der Waals surface area contributed by atoms with Crippen molar-refractivity contribution in [2.75, 3.05) is 5.73 Å². The Bertz CT molecular complexity index is 429. The molecule has 68 valence electrons. The summed E-state index contributed by atoms with van der Waals surface area (Å²) in [6.45, 7) is 1.92. The number of hydrogen-bond acceptors (Lipinski definition) is 2. The van der Waals surface area contributed by atoms with E-state index >= 15 is 0 Å². The third-order valence-electron chi connectivity index (χ3n) is 2.23. The van der Waals surface area contributed by atoms with Crippen molar-refractivity contribution in [2.24, 2.45) is 5.73 Å². The molecule has 0 unspecified atom stereocenters. The van der Waals surface area contributed by atoms with E-state index in [9.17, 15) is 0 Å². The van der Waals surface area contributed by atoms with Crippen LogP contribution in [-0.4, -0.2) is 4.98 Å². The van der Waals surface area contributed by atoms with Gasteiger partial charge < -0.3 is 16.5 Å². The molecule has 0 aliphatic rings. The molecule has 0 radical (unpaired) electrons. The maximum Gasteiger partial charge on any atom is 0.0621 e. The molecule has 0 aliphatic heterocycles. The zero-order valence-electron chi connectivity index (χ0n) is 7.54. The highest BCUT2D eigenvalue weighted by Gasteiger charge is 2.10. The van der Waals surface area contributed by atoms with Crippen molar-refractivity contribution in [3.8, 4) is 0 Å². The molecule has 2 aromatic rings. The predicted octanol–water partition coefficient (Wildman–Crippen LogP) is 1.77. The number of anilines is 1. The fraction of sp³-hybridized carbons (Fsp3) is 0.200. The van der Waals surface area contributed by atoms with Crippen molar-refractivity contribution >= 4 is 16.6 Å². The van der Waals surface area contributed by atoms with Crippen molar-refractivity contribution in [2.45, 2.75) is 13.0 Å². The normalized spacial score (nSPS) is 13.4. The minimum Gasteiger partial charge on any atom is -0.397 e. The summed E-state index contributed by atoms with van der Waals surface area (Å²) in [5.41, 5.74) is 14.4. The minimum atomic E-state index is -0.0487. The van der Waals surface area contributed by atoms with Gasteiger partial charge in [0.15, 0.2) is 0 Å². The lowest BCUT2D eigenvalue weighted by atomic mass is 10.2. The molecule has 1 aromatic carbocycles. The summed E-state index contributed by atoms with van der Waals surface area (Å²) in [6, 6.07) is 7.89. The lowest BCUT2D eigenvalue weighted by Crippen LogP contribution is -2.07. The molecule has 0 saturated carbocycles. The van der Waals surface area contributed by atoms with Crippen LogP contribution in [0.5, 0.6) is 0 Å². The van der Waals surface area contributed by atoms with Crippen LogP contribution in [0, 0.1) is 0 Å². The summed E-state index contributed by atoms with van der Waals surface area (Å²) < 4.78 is 0. The van der Waals surface area contributed by atoms with Gasteiger partial charge in [0.25, 0.3) is 0 Å². The maximum absolute atomic E-state index is 5.93. The number of aromatic nitrogens is 1. The number of para-hydroxylation sites is 1. The Hall–Kier alpha value is -1.48. The number of nitrogens with two attached hydrogens (primary N) is 2. The Morgan fingerprint density at radius 2 is 2.00 bits per heavy atom. The first kappa shape index (κ1) is 8.13. The number of rotatable bonds is 1. The fourth-order valence-electron chi connectivity index (χ4n) is 1.54. The van der Waals surface area contributed by atoms with E-state index in [0.29, 0.717) is 0 Å². The number of aromatic amines is 1. The van der Waals surface area contributed by atoms with Crippen LogP contribution in [0.15, 0.2) is 24.3 Å². The van der Waals surface area contributed by atoms with Gasteiger partial charge in [-0.25, -0.2) is 0 Å². The van der Waals surface area contributed by atoms with Crippen molar-refractivity contribution < 1.29 is 0 Å². The average molecular weight is 175 g/mol. The smallest absolute Gasteiger partial charge is 0.0621 e. The van der Waals surface area contributed by atoms with Gasteiger partial charge in [0, 0.05) is 16.9 Å². The summed E-state index contributed by atoms with van der Waals surface area (Å²) in [5, 5.41) is 1.05. The maximum atomic E-state index is 5.93. The van der Waals surface area contributed by atoms with E-state index in [1.165, 1.54) is 0 Å². The van der Waals surface area contributed by atoms with Gasteiger partial charge in [0.2, 0.25) is 0 Å². The first-order valence-electron chi connectivity index (χ1n) is 4.32. The molecule has 5 N–H and O–H groups in total. The van der Waals surface area contributed by atoms with Crippen LogP contribution in [0.4, 0.5) is 5.69 Å². The van der Waals surface area contributed by atoms with Crippen LogP contribution < -0.4 is 11.5 Å². The fourth-order valence-corrected chi connectivity index (χ4v) is 1.54. The first-order valence-corrected chi connectivity index (χ1v) is 4.32. The van der Waals surface area contributed by atoms with E-state index in [4.69, 9.17) is 11.5 Å². The third kappa shape index (κ3) is 1.17. The standard InChI is InChI=1S/C10H13N3/c1-6(11)10-9(12)7-4-2-3-5-8(7)13-10/h2-6,13H,11-12H2,1H3/t6-/m0/s1. The Balaban J connectivity index is 2.74. The molecule has 0 aliphatic carbocycles. The number of hydrogen-bond donors (Lipinski definition) is 3. The van der Waals surface area contributed by atoms with Crippen LogP contribution in [0.2, 0.25) is 0 Å². The lowest BCUT2D eigenvalue weighted by Gasteiger charge is -2.02. The topological polar surface area (TPSA) is 67.8 Å². The van der Waals surface area contributed by atoms with Gasteiger partial charge in [0.05, 0.1) is 11.4 Å². The van der Waals surface area contributed by atoms with E-state index < -0.39 is 0 Å². The van der Waals surface area contributed by atoms with Crippen molar-refractivity contribution in [3.05, 3.63) is 30.0 Å². The second-order valence-corrected chi connectivity index (χ2v) is 3.29. The van der Waals surface area contributed by atoms with Crippen LogP contribution in [-0.2, 0) is 0 Å². The van der Waals surface area contributed by atoms with E-state index in [1.54, 1.807) is 0 Å². The molecule has 1 heterocycles. The SMILES string of the molecule is C[C@H](N)c1[nH]c2ccccc2c1N. The summed E-state index contributed by atoms with van der Waals surface area (Å²) in [7, 11) is 0. The van der Waals surface area contributed by atoms with E-state index in [-0.39, 0.29) is 6.04 Å². The van der Waals surface area contributed by atoms with Gasteiger partial charge in [-0.1, -0.05) is 18.2 Å². The highest BCUT2D eigenvalue weighted by molar-refractivity contribution is 5.93. The summed E-state index contributed by atoms with van der Waals surface area (Å²) in [4.78, 5) is 3.21. The summed E-state index contributed by atoms with van der Waals surface area (Å²) >= 11 is 0. The Labute approximate surface area is 76.7 Å². The predicted molar refractivity (Wildman–Crippen MR) is 55.3 cm³/mol. The molecule has 0 fully saturated rings. The van der Waals surface area contributed by atoms with E-state index in [2.05, 4.69) is 4.98 Å². The first-order chi connectivity index (χ1) is 6.20. The van der Waals surface area contributed by atoms with Crippen LogP contribution in [0.3, 0.4) is 0 Å². The van der Waals surface area contributed by atoms with Crippen molar-refractivity contribution in [3.63, 3.8) is 0 Å². The molecule has 0 amide bonds. The molecule has 0 bridgehead atoms. The zero-order chi connectivity index (χ0) is 9.42. The van der Waals surface area contributed by atoms with Gasteiger partial charge in [-0.2, -0.15) is 0 Å². The number of nitrogens with one attached hydrogen (secondary N) is 1. The molecule has 1 aromatic heterocycles. The molecule has 3 heteroatoms. The number of benzene rings is 1. The average Bonchev–Trinajstić information content (AvgIpc) is 2.45. The van der Waals surface area contributed by atoms with Gasteiger partial charge in [-0.05, 0) is 13.0 Å². The Morgan fingerprint density at radius 1 is 1.31 bits per heavy atom. The largest absolute Gasteiger partial charge is 0.397 e. The van der Waals surface area contributed by atoms with Crippen molar-refractivity contribution in [1.82, 2.24) is 4.98 Å². The Morgan fingerprint density at radius 3 is 2.62 bits per heavy atom. The lowest BCUT2D eigenvalue weighted by molar-refractivity contribution is 0.795. The molecule has 13 heavy (non-hydrogen) atoms. The van der Waals surface area contributed by atoms with Crippen molar-refractivity contribution in [1.29, 1.82) is 0 Å². The highest BCUT2D eigenvalue weighted by Crippen LogP contribution is 2.27. The van der Waals surface area contributed by atoms with Gasteiger partial charge in [-0.15, -0.1) is 0 Å². The number of H-pyrrole nitrogens is 1. The summed E-state index contributed by atoms with van der Waals surface area (Å²) in [6.07, 6.45) is 0. The molecule has 2 rings (SSSR count). The van der Waals surface area contributed by atoms with Crippen LogP contribution >= 0.6 is 0 Å². The number of fused-ring (bicyclic) bond motifs is 1. The zero-order valence-corrected chi connectivity index (χ0v) is 7.54. The van der Waals surface area contributed by atoms with Crippen LogP contribution in [0.1, 0.15) is 18.7 Å². The highest BCUT2D eigenvalue weighted by atomic mass is 14.8. The van der Waals surface area contributed by atoms with E-state index in [0.717, 1.165) is 22.3 Å². The molecule has 1 atom stereocenters. The van der Waals surface area contributed by atoms with Gasteiger partial charge in [-0.3, -0.25) is 0 Å². The Kier molecular flexibility index (Phi) is 1.74. The van der Waals surface area contributed by atoms with Gasteiger partial charge in [0.1, 0.15) is 0 Å². The summed E-state index contributed by atoms with van der Waals surface area (Å²) in [5.74, 6) is 0. The molecule has 0 saturated heterocycles. The molecular formula is C10H13N3. The second-order valence-electron chi connectivity index (χ2n) is 3.29. The number of nitrogen functional groups attached to an aromatic ring is 1. The molecule has 3 nitrogen and oxygen atoms in total. The monoisotopic (exact) mass is 175 g/mol. The quantitative estimate of drug-likeness (QED) is 0.618. The van der Waals surface area contributed by atoms with E-state index in [1.807, 2.05) is 31.2 Å². The minimum absolute atomic E-state index is 0.0487. The van der Waals surface area contributed by atoms with Gasteiger partial charge >= 0.3 is 0 Å². The van der Waals surface area contributed by atoms with Crippen LogP contribution in [0.25, 0.3) is 10.9 Å².